The summed E-state index contributed by atoms with van der Waals surface area (Å²) < 4.78 is 0. The van der Waals surface area contributed by atoms with Crippen LogP contribution in [-0.4, -0.2) is 34.4 Å². The molecule has 0 spiro atoms. The van der Waals surface area contributed by atoms with Gasteiger partial charge in [0, 0.05) is 11.2 Å². The second-order valence-corrected chi connectivity index (χ2v) is 19.3. The van der Waals surface area contributed by atoms with E-state index in [-0.39, 0.29) is 16.4 Å². The van der Waals surface area contributed by atoms with Crippen molar-refractivity contribution < 1.29 is 9.90 Å². The van der Waals surface area contributed by atoms with Crippen LogP contribution in [0.5, 0.6) is 0 Å². The van der Waals surface area contributed by atoms with Crippen molar-refractivity contribution in [2.24, 2.45) is 51.2 Å². The fourth-order valence-electron chi connectivity index (χ4n) is 13.7. The first-order valence-corrected chi connectivity index (χ1v) is 20.9. The number of pyridine rings is 1. The molecule has 5 aliphatic rings. The van der Waals surface area contributed by atoms with Crippen molar-refractivity contribution in [1.82, 2.24) is 10.3 Å². The molecule has 1 heterocycles. The molecule has 4 fully saturated rings. The zero-order valence-corrected chi connectivity index (χ0v) is 32.7. The Morgan fingerprint density at radius 3 is 2.40 bits per heavy atom. The van der Waals surface area contributed by atoms with E-state index in [2.05, 4.69) is 84.0 Å². The Kier molecular flexibility index (Phi) is 9.32. The smallest absolute Gasteiger partial charge is 0.335 e. The van der Waals surface area contributed by atoms with E-state index in [0.29, 0.717) is 40.1 Å². The molecule has 0 unspecified atom stereocenters. The Morgan fingerprint density at radius 1 is 0.940 bits per heavy atom. The lowest BCUT2D eigenvalue weighted by Gasteiger charge is -2.72. The molecule has 2 N–H and O–H groups in total. The van der Waals surface area contributed by atoms with E-state index in [1.165, 1.54) is 73.8 Å². The largest absolute Gasteiger partial charge is 0.478 e. The van der Waals surface area contributed by atoms with Gasteiger partial charge in [-0.1, -0.05) is 71.0 Å². The summed E-state index contributed by atoms with van der Waals surface area (Å²) in [5, 5.41) is 14.9. The number of hydrogen-bond donors (Lipinski definition) is 2. The lowest BCUT2D eigenvalue weighted by molar-refractivity contribution is -0.219. The van der Waals surface area contributed by atoms with Crippen molar-refractivity contribution in [3.8, 4) is 0 Å². The Labute approximate surface area is 306 Å². The van der Waals surface area contributed by atoms with Gasteiger partial charge in [-0.15, -0.1) is 11.8 Å². The second kappa shape index (κ2) is 12.9. The van der Waals surface area contributed by atoms with E-state index >= 15 is 0 Å². The van der Waals surface area contributed by atoms with Gasteiger partial charge in [-0.05, 0) is 177 Å². The van der Waals surface area contributed by atoms with Crippen LogP contribution in [0, 0.1) is 51.2 Å². The number of benzene rings is 1. The highest BCUT2D eigenvalue weighted by molar-refractivity contribution is 7.98. The first kappa shape index (κ1) is 36.0. The Balaban J connectivity index is 1.14. The minimum atomic E-state index is -0.857. The normalized spacial score (nSPS) is 38.6. The zero-order chi connectivity index (χ0) is 35.7. The van der Waals surface area contributed by atoms with E-state index in [1.54, 1.807) is 23.9 Å². The maximum Gasteiger partial charge on any atom is 0.335 e. The number of hydrogen-bond acceptors (Lipinski definition) is 4. The summed E-state index contributed by atoms with van der Waals surface area (Å²) in [7, 11) is 0. The van der Waals surface area contributed by atoms with Crippen LogP contribution in [0.4, 0.5) is 0 Å². The number of aromatic carboxylic acids is 1. The number of carboxylic acid groups (broad SMARTS) is 1. The zero-order valence-electron chi connectivity index (χ0n) is 31.9. The van der Waals surface area contributed by atoms with Crippen LogP contribution in [0.1, 0.15) is 127 Å². The Morgan fingerprint density at radius 2 is 1.70 bits per heavy atom. The summed E-state index contributed by atoms with van der Waals surface area (Å²) in [6.07, 6.45) is 18.4. The molecule has 9 atom stereocenters. The fraction of sp³-hybridized carbons (Fsp3) is 0.644. The molecule has 0 bridgehead atoms. The maximum atomic E-state index is 11.6. The number of fused-ring (bicyclic) bond motifs is 7. The predicted octanol–water partition coefficient (Wildman–Crippen LogP) is 11.1. The number of nitrogens with one attached hydrogen (secondary N) is 1. The van der Waals surface area contributed by atoms with Gasteiger partial charge in [0.2, 0.25) is 0 Å². The third kappa shape index (κ3) is 5.49. The number of aromatic nitrogens is 1. The summed E-state index contributed by atoms with van der Waals surface area (Å²) >= 11 is 1.73. The van der Waals surface area contributed by atoms with Crippen molar-refractivity contribution in [1.29, 1.82) is 0 Å². The molecule has 4 nitrogen and oxygen atoms in total. The molecule has 5 aliphatic carbocycles. The summed E-state index contributed by atoms with van der Waals surface area (Å²) in [6.45, 7) is 21.1. The average molecular weight is 695 g/mol. The minimum Gasteiger partial charge on any atom is -0.478 e. The molecule has 0 aliphatic heterocycles. The van der Waals surface area contributed by atoms with Crippen molar-refractivity contribution in [3.05, 3.63) is 77.5 Å². The van der Waals surface area contributed by atoms with Gasteiger partial charge >= 0.3 is 5.97 Å². The fourth-order valence-corrected chi connectivity index (χ4v) is 14.1. The Bertz CT molecular complexity index is 1660. The molecule has 0 amide bonds. The minimum absolute atomic E-state index is 0.0329. The Hall–Kier alpha value is -2.37. The monoisotopic (exact) mass is 694 g/mol. The summed E-state index contributed by atoms with van der Waals surface area (Å²) in [5.74, 6) is 2.47. The van der Waals surface area contributed by atoms with Gasteiger partial charge in [-0.25, -0.2) is 9.78 Å². The highest BCUT2D eigenvalue weighted by atomic mass is 32.2. The van der Waals surface area contributed by atoms with Gasteiger partial charge in [-0.2, -0.15) is 0 Å². The standard InChI is InChI=1S/C45H62N2O2S/c1-29(2)33-20-25-45(46-28-10-12-32-11-9-13-38(47-32)50-8)27-26-43(6)35(39(33)45)18-19-37-42(5)23-21-34(30-14-16-31(17-15-30)40(48)49)41(3,4)36(42)22-24-44(37,43)7/h9,11,13-17,21,33,35-37,39,46H,1,10,12,18-20,22-28H2,2-8H3,(H,48,49)/t33-,35+,36-,37+,39+,42-,43+,44+,45-/m0/s1. The number of allylic oxidation sites excluding steroid dienone is 3. The van der Waals surface area contributed by atoms with Gasteiger partial charge < -0.3 is 10.4 Å². The first-order chi connectivity index (χ1) is 23.7. The number of rotatable bonds is 9. The van der Waals surface area contributed by atoms with Gasteiger partial charge in [0.15, 0.2) is 0 Å². The summed E-state index contributed by atoms with van der Waals surface area (Å²) in [5.41, 5.74) is 6.75. The van der Waals surface area contributed by atoms with Crippen LogP contribution in [0.25, 0.3) is 5.57 Å². The molecule has 1 aromatic heterocycles. The molecule has 50 heavy (non-hydrogen) atoms. The second-order valence-electron chi connectivity index (χ2n) is 18.5. The number of thioether (sulfide) groups is 1. The number of nitrogens with zero attached hydrogens (tertiary/aromatic N) is 1. The van der Waals surface area contributed by atoms with Gasteiger partial charge in [-0.3, -0.25) is 0 Å². The van der Waals surface area contributed by atoms with Crippen molar-refractivity contribution in [3.63, 3.8) is 0 Å². The van der Waals surface area contributed by atoms with Crippen LogP contribution in [0.15, 0.2) is 65.7 Å². The SMILES string of the molecule is C=C(C)[C@@H]1CC[C@]2(NCCCc3cccc(SC)n3)CC[C@]3(C)[C@H](CC[C@@H]4[C@@]5(C)CC=C(c6ccc(C(=O)O)cc6)C(C)(C)[C@@H]5CC[C@]43C)[C@@H]12. The van der Waals surface area contributed by atoms with Gasteiger partial charge in [0.05, 0.1) is 10.6 Å². The highest BCUT2D eigenvalue weighted by Crippen LogP contribution is 2.76. The molecule has 270 valence electrons. The molecule has 1 aromatic carbocycles. The van der Waals surface area contributed by atoms with Crippen LogP contribution in [-0.2, 0) is 6.42 Å². The molecular weight excluding hydrogens is 633 g/mol. The highest BCUT2D eigenvalue weighted by Gasteiger charge is 2.70. The number of carbonyl (C=O) groups is 1. The molecule has 0 radical (unpaired) electrons. The lowest BCUT2D eigenvalue weighted by Crippen LogP contribution is -2.68. The van der Waals surface area contributed by atoms with E-state index in [9.17, 15) is 9.90 Å². The van der Waals surface area contributed by atoms with Crippen LogP contribution < -0.4 is 5.32 Å². The van der Waals surface area contributed by atoms with E-state index in [1.807, 2.05) is 12.1 Å². The van der Waals surface area contributed by atoms with Crippen molar-refractivity contribution in [2.75, 3.05) is 12.8 Å². The van der Waals surface area contributed by atoms with Crippen LogP contribution >= 0.6 is 11.8 Å². The number of carboxylic acids is 1. The molecular formula is C45H62N2O2S. The molecule has 4 saturated carbocycles. The van der Waals surface area contributed by atoms with E-state index in [4.69, 9.17) is 4.98 Å². The van der Waals surface area contributed by atoms with Crippen molar-refractivity contribution in [2.45, 2.75) is 123 Å². The molecule has 7 rings (SSSR count). The third-order valence-electron chi connectivity index (χ3n) is 16.2. The lowest BCUT2D eigenvalue weighted by atomic mass is 9.33. The molecule has 2 aromatic rings. The predicted molar refractivity (Wildman–Crippen MR) is 208 cm³/mol. The van der Waals surface area contributed by atoms with Gasteiger partial charge in [0.1, 0.15) is 0 Å². The van der Waals surface area contributed by atoms with E-state index < -0.39 is 5.97 Å². The average Bonchev–Trinajstić information content (AvgIpc) is 3.47. The summed E-state index contributed by atoms with van der Waals surface area (Å²) in [4.78, 5) is 16.4. The first-order valence-electron chi connectivity index (χ1n) is 19.6. The van der Waals surface area contributed by atoms with Crippen LogP contribution in [0.2, 0.25) is 0 Å². The maximum absolute atomic E-state index is 11.6. The molecule has 5 heteroatoms. The van der Waals surface area contributed by atoms with Gasteiger partial charge in [0.25, 0.3) is 0 Å². The van der Waals surface area contributed by atoms with E-state index in [0.717, 1.165) is 36.8 Å². The quantitative estimate of drug-likeness (QED) is 0.155. The van der Waals surface area contributed by atoms with Crippen molar-refractivity contribution >= 4 is 23.3 Å². The third-order valence-corrected chi connectivity index (χ3v) is 16.8. The topological polar surface area (TPSA) is 62.2 Å². The summed E-state index contributed by atoms with van der Waals surface area (Å²) in [6, 6.07) is 14.1. The van der Waals surface area contributed by atoms with Crippen LogP contribution in [0.3, 0.4) is 0 Å². The number of aryl methyl sites for hydroxylation is 1. The molecule has 0 saturated heterocycles.